The molecular formula is C19H23N3OS. The molecule has 24 heavy (non-hydrogen) atoms. The number of pyridine rings is 1. The Balaban J connectivity index is 1.23. The summed E-state index contributed by atoms with van der Waals surface area (Å²) in [6.07, 6.45) is 7.50. The number of fused-ring (bicyclic) bond motifs is 1. The van der Waals surface area contributed by atoms with Crippen molar-refractivity contribution in [2.45, 2.75) is 50.4 Å². The highest BCUT2D eigenvalue weighted by atomic mass is 32.1. The zero-order chi connectivity index (χ0) is 15.9. The zero-order valence-corrected chi connectivity index (χ0v) is 14.6. The summed E-state index contributed by atoms with van der Waals surface area (Å²) in [6.45, 7) is 3.11. The number of rotatable bonds is 4. The fourth-order valence-electron chi connectivity index (χ4n) is 4.03. The minimum Gasteiger partial charge on any atom is -0.366 e. The first kappa shape index (κ1) is 15.0. The number of nitrogens with zero attached hydrogens (tertiary/aromatic N) is 3. The largest absolute Gasteiger partial charge is 0.366 e. The average molecular weight is 341 g/mol. The maximum absolute atomic E-state index is 6.42. The van der Waals surface area contributed by atoms with Crippen molar-refractivity contribution in [3.63, 3.8) is 0 Å². The van der Waals surface area contributed by atoms with Crippen LogP contribution in [-0.4, -0.2) is 34.1 Å². The number of ether oxygens (including phenoxy) is 1. The first-order valence-electron chi connectivity index (χ1n) is 9.08. The summed E-state index contributed by atoms with van der Waals surface area (Å²) in [7, 11) is 0. The van der Waals surface area contributed by atoms with Gasteiger partial charge < -0.3 is 4.74 Å². The lowest BCUT2D eigenvalue weighted by atomic mass is 9.92. The molecule has 5 heteroatoms. The monoisotopic (exact) mass is 341 g/mol. The van der Waals surface area contributed by atoms with Gasteiger partial charge in [0.25, 0.3) is 0 Å². The summed E-state index contributed by atoms with van der Waals surface area (Å²) in [5.74, 6) is 1.44. The molecule has 2 aromatic rings. The van der Waals surface area contributed by atoms with Gasteiger partial charge in [-0.15, -0.1) is 11.3 Å². The van der Waals surface area contributed by atoms with Crippen LogP contribution in [0.4, 0.5) is 0 Å². The molecule has 4 nitrogen and oxygen atoms in total. The smallest absolute Gasteiger partial charge is 0.122 e. The minimum atomic E-state index is 0.229. The Morgan fingerprint density at radius 3 is 3.04 bits per heavy atom. The van der Waals surface area contributed by atoms with E-state index in [0.717, 1.165) is 37.7 Å². The molecule has 4 heterocycles. The van der Waals surface area contributed by atoms with E-state index in [-0.39, 0.29) is 6.10 Å². The molecule has 0 radical (unpaired) electrons. The Hall–Kier alpha value is -1.30. The van der Waals surface area contributed by atoms with Crippen LogP contribution < -0.4 is 0 Å². The summed E-state index contributed by atoms with van der Waals surface area (Å²) in [4.78, 5) is 11.8. The molecule has 3 aliphatic rings. The summed E-state index contributed by atoms with van der Waals surface area (Å²) in [5.41, 5.74) is 2.46. The van der Waals surface area contributed by atoms with Gasteiger partial charge >= 0.3 is 0 Å². The molecule has 5 rings (SSSR count). The highest BCUT2D eigenvalue weighted by molar-refractivity contribution is 7.09. The number of hydrogen-bond acceptors (Lipinski definition) is 5. The van der Waals surface area contributed by atoms with Crippen molar-refractivity contribution in [3.05, 3.63) is 46.2 Å². The van der Waals surface area contributed by atoms with Crippen LogP contribution in [0.25, 0.3) is 0 Å². The van der Waals surface area contributed by atoms with Crippen molar-refractivity contribution in [2.24, 2.45) is 5.92 Å². The SMILES string of the molecule is c1ccc(CN2CC[C@@H]3C[C@@H](c4nc(C5CC5)cs4)O[C@H]3C2)nc1. The Kier molecular flexibility index (Phi) is 3.88. The first-order chi connectivity index (χ1) is 11.8. The van der Waals surface area contributed by atoms with Gasteiger partial charge in [-0.2, -0.15) is 0 Å². The molecule has 3 fully saturated rings. The van der Waals surface area contributed by atoms with Crippen LogP contribution >= 0.6 is 11.3 Å². The molecule has 2 saturated heterocycles. The van der Waals surface area contributed by atoms with E-state index in [2.05, 4.69) is 27.4 Å². The number of piperidine rings is 1. The molecule has 0 N–H and O–H groups in total. The Morgan fingerprint density at radius 2 is 2.21 bits per heavy atom. The summed E-state index contributed by atoms with van der Waals surface area (Å²) in [5, 5.41) is 3.47. The molecule has 126 valence electrons. The minimum absolute atomic E-state index is 0.229. The third-order valence-electron chi connectivity index (χ3n) is 5.56. The maximum Gasteiger partial charge on any atom is 0.122 e. The predicted octanol–water partition coefficient (Wildman–Crippen LogP) is 3.77. The van der Waals surface area contributed by atoms with Gasteiger partial charge in [-0.1, -0.05) is 6.07 Å². The third kappa shape index (κ3) is 3.01. The molecule has 1 saturated carbocycles. The molecular weight excluding hydrogens is 318 g/mol. The number of thiazole rings is 1. The van der Waals surface area contributed by atoms with E-state index in [4.69, 9.17) is 9.72 Å². The molecule has 1 aliphatic carbocycles. The fraction of sp³-hybridized carbons (Fsp3) is 0.579. The topological polar surface area (TPSA) is 38.2 Å². The van der Waals surface area contributed by atoms with E-state index in [0.29, 0.717) is 12.0 Å². The second kappa shape index (κ2) is 6.21. The summed E-state index contributed by atoms with van der Waals surface area (Å²) >= 11 is 1.80. The number of aromatic nitrogens is 2. The highest BCUT2D eigenvalue weighted by Crippen LogP contribution is 2.45. The standard InChI is InChI=1S/C19H23N3OS/c1-2-7-20-15(3-1)10-22-8-6-14-9-17(23-18(14)11-22)19-21-16(12-24-19)13-4-5-13/h1-3,7,12-14,17-18H,4-6,8-11H2/t14-,17+,18+/m1/s1. The van der Waals surface area contributed by atoms with Crippen molar-refractivity contribution in [1.29, 1.82) is 0 Å². The molecule has 2 aromatic heterocycles. The van der Waals surface area contributed by atoms with Gasteiger partial charge in [0, 0.05) is 30.6 Å². The molecule has 0 unspecified atom stereocenters. The van der Waals surface area contributed by atoms with Gasteiger partial charge in [0.15, 0.2) is 0 Å². The van der Waals surface area contributed by atoms with Crippen LogP contribution in [0.1, 0.15) is 54.1 Å². The van der Waals surface area contributed by atoms with Crippen LogP contribution in [0.3, 0.4) is 0 Å². The number of likely N-dealkylation sites (tertiary alicyclic amines) is 1. The summed E-state index contributed by atoms with van der Waals surface area (Å²) in [6, 6.07) is 6.15. The van der Waals surface area contributed by atoms with Crippen LogP contribution in [-0.2, 0) is 11.3 Å². The molecule has 0 aromatic carbocycles. The fourth-order valence-corrected chi connectivity index (χ4v) is 4.98. The number of hydrogen-bond donors (Lipinski definition) is 0. The van der Waals surface area contributed by atoms with Gasteiger partial charge in [-0.3, -0.25) is 9.88 Å². The summed E-state index contributed by atoms with van der Waals surface area (Å²) < 4.78 is 6.42. The second-order valence-electron chi connectivity index (χ2n) is 7.39. The average Bonchev–Trinajstić information content (AvgIpc) is 3.19. The molecule has 2 aliphatic heterocycles. The van der Waals surface area contributed by atoms with Gasteiger partial charge in [0.1, 0.15) is 11.1 Å². The zero-order valence-electron chi connectivity index (χ0n) is 13.8. The van der Waals surface area contributed by atoms with E-state index < -0.39 is 0 Å². The van der Waals surface area contributed by atoms with E-state index in [9.17, 15) is 0 Å². The van der Waals surface area contributed by atoms with E-state index in [1.165, 1.54) is 30.0 Å². The lowest BCUT2D eigenvalue weighted by molar-refractivity contribution is -0.00969. The van der Waals surface area contributed by atoms with E-state index in [1.807, 2.05) is 12.3 Å². The molecule has 0 spiro atoms. The van der Waals surface area contributed by atoms with Crippen molar-refractivity contribution < 1.29 is 4.74 Å². The van der Waals surface area contributed by atoms with Gasteiger partial charge in [-0.25, -0.2) is 4.98 Å². The Labute approximate surface area is 146 Å². The highest BCUT2D eigenvalue weighted by Gasteiger charge is 2.41. The van der Waals surface area contributed by atoms with Crippen molar-refractivity contribution in [3.8, 4) is 0 Å². The third-order valence-corrected chi connectivity index (χ3v) is 6.51. The van der Waals surface area contributed by atoms with Crippen molar-refractivity contribution >= 4 is 11.3 Å². The van der Waals surface area contributed by atoms with Crippen molar-refractivity contribution in [2.75, 3.05) is 13.1 Å². The maximum atomic E-state index is 6.42. The van der Waals surface area contributed by atoms with Gasteiger partial charge in [-0.05, 0) is 50.3 Å². The molecule has 3 atom stereocenters. The lowest BCUT2D eigenvalue weighted by Crippen LogP contribution is -2.41. The van der Waals surface area contributed by atoms with Gasteiger partial charge in [0.05, 0.1) is 17.5 Å². The molecule has 0 bridgehead atoms. The quantitative estimate of drug-likeness (QED) is 0.848. The first-order valence-corrected chi connectivity index (χ1v) is 9.96. The Morgan fingerprint density at radius 1 is 1.25 bits per heavy atom. The second-order valence-corrected chi connectivity index (χ2v) is 8.28. The van der Waals surface area contributed by atoms with Gasteiger partial charge in [0.2, 0.25) is 0 Å². The van der Waals surface area contributed by atoms with E-state index in [1.54, 1.807) is 11.3 Å². The van der Waals surface area contributed by atoms with Crippen LogP contribution in [0.2, 0.25) is 0 Å². The Bertz CT molecular complexity index is 700. The van der Waals surface area contributed by atoms with Crippen LogP contribution in [0.15, 0.2) is 29.8 Å². The van der Waals surface area contributed by atoms with Crippen LogP contribution in [0.5, 0.6) is 0 Å². The normalized spacial score (nSPS) is 30.4. The predicted molar refractivity (Wildman–Crippen MR) is 93.9 cm³/mol. The van der Waals surface area contributed by atoms with Crippen molar-refractivity contribution in [1.82, 2.24) is 14.9 Å². The van der Waals surface area contributed by atoms with Crippen LogP contribution in [0, 0.1) is 5.92 Å². The molecule has 0 amide bonds. The lowest BCUT2D eigenvalue weighted by Gasteiger charge is -2.33. The van der Waals surface area contributed by atoms with E-state index >= 15 is 0 Å².